The molecule has 2 heteroatoms. The van der Waals surface area contributed by atoms with Crippen molar-refractivity contribution in [2.75, 3.05) is 6.61 Å². The van der Waals surface area contributed by atoms with Gasteiger partial charge in [-0.05, 0) is 37.0 Å². The van der Waals surface area contributed by atoms with Crippen molar-refractivity contribution in [2.24, 2.45) is 0 Å². The SMILES string of the molecule is CCOc1ccc(C2CC2Br)cc1. The van der Waals surface area contributed by atoms with Gasteiger partial charge in [0, 0.05) is 4.83 Å². The lowest BCUT2D eigenvalue weighted by Gasteiger charge is -2.03. The predicted octanol–water partition coefficient (Wildman–Crippen LogP) is 3.34. The smallest absolute Gasteiger partial charge is 0.119 e. The molecule has 70 valence electrons. The fourth-order valence-corrected chi connectivity index (χ4v) is 2.19. The highest BCUT2D eigenvalue weighted by Gasteiger charge is 2.35. The van der Waals surface area contributed by atoms with Gasteiger partial charge in [-0.2, -0.15) is 0 Å². The van der Waals surface area contributed by atoms with Crippen LogP contribution in [0.15, 0.2) is 24.3 Å². The molecular weight excluding hydrogens is 228 g/mol. The summed E-state index contributed by atoms with van der Waals surface area (Å²) >= 11 is 3.60. The third-order valence-electron chi connectivity index (χ3n) is 2.33. The van der Waals surface area contributed by atoms with Crippen molar-refractivity contribution in [3.63, 3.8) is 0 Å². The van der Waals surface area contributed by atoms with E-state index in [0.29, 0.717) is 4.83 Å². The van der Waals surface area contributed by atoms with Crippen molar-refractivity contribution >= 4 is 15.9 Å². The number of halogens is 1. The van der Waals surface area contributed by atoms with E-state index in [9.17, 15) is 0 Å². The van der Waals surface area contributed by atoms with Crippen LogP contribution in [0.1, 0.15) is 24.8 Å². The van der Waals surface area contributed by atoms with Gasteiger partial charge in [0.1, 0.15) is 5.75 Å². The first-order valence-electron chi connectivity index (χ1n) is 4.68. The van der Waals surface area contributed by atoms with Crippen molar-refractivity contribution in [2.45, 2.75) is 24.1 Å². The van der Waals surface area contributed by atoms with Crippen LogP contribution in [0, 0.1) is 0 Å². The lowest BCUT2D eigenvalue weighted by atomic mass is 10.1. The summed E-state index contributed by atoms with van der Waals surface area (Å²) in [6, 6.07) is 8.43. The molecule has 1 aromatic carbocycles. The van der Waals surface area contributed by atoms with E-state index in [4.69, 9.17) is 4.74 Å². The topological polar surface area (TPSA) is 9.23 Å². The zero-order chi connectivity index (χ0) is 9.26. The number of hydrogen-bond donors (Lipinski definition) is 0. The van der Waals surface area contributed by atoms with Gasteiger partial charge in [-0.15, -0.1) is 0 Å². The molecule has 2 atom stereocenters. The van der Waals surface area contributed by atoms with Gasteiger partial charge >= 0.3 is 0 Å². The molecule has 1 saturated carbocycles. The van der Waals surface area contributed by atoms with E-state index in [1.54, 1.807) is 0 Å². The van der Waals surface area contributed by atoms with Crippen LogP contribution in [0.2, 0.25) is 0 Å². The van der Waals surface area contributed by atoms with Gasteiger partial charge in [0.05, 0.1) is 6.61 Å². The minimum Gasteiger partial charge on any atom is -0.494 e. The summed E-state index contributed by atoms with van der Waals surface area (Å²) in [7, 11) is 0. The molecule has 1 fully saturated rings. The molecule has 0 amide bonds. The Balaban J connectivity index is 2.06. The summed E-state index contributed by atoms with van der Waals surface area (Å²) in [5.41, 5.74) is 1.42. The quantitative estimate of drug-likeness (QED) is 0.737. The summed E-state index contributed by atoms with van der Waals surface area (Å²) in [5.74, 6) is 1.70. The first-order valence-corrected chi connectivity index (χ1v) is 5.59. The van der Waals surface area contributed by atoms with Crippen LogP contribution in [0.25, 0.3) is 0 Å². The Morgan fingerprint density at radius 3 is 2.46 bits per heavy atom. The highest BCUT2D eigenvalue weighted by molar-refractivity contribution is 9.09. The average Bonchev–Trinajstić information content (AvgIpc) is 2.85. The van der Waals surface area contributed by atoms with Crippen molar-refractivity contribution in [3.8, 4) is 5.75 Å². The Morgan fingerprint density at radius 2 is 2.00 bits per heavy atom. The van der Waals surface area contributed by atoms with Gasteiger partial charge in [-0.3, -0.25) is 0 Å². The van der Waals surface area contributed by atoms with Gasteiger partial charge in [0.25, 0.3) is 0 Å². The zero-order valence-electron chi connectivity index (χ0n) is 7.66. The molecule has 13 heavy (non-hydrogen) atoms. The molecule has 0 aromatic heterocycles. The summed E-state index contributed by atoms with van der Waals surface area (Å²) in [6.45, 7) is 2.74. The maximum absolute atomic E-state index is 5.38. The number of rotatable bonds is 3. The third-order valence-corrected chi connectivity index (χ3v) is 3.34. The Bertz CT molecular complexity index is 281. The van der Waals surface area contributed by atoms with Crippen LogP contribution in [0.5, 0.6) is 5.75 Å². The molecule has 1 aliphatic carbocycles. The second-order valence-corrected chi connectivity index (χ2v) is 4.54. The molecule has 0 spiro atoms. The van der Waals surface area contributed by atoms with Crippen LogP contribution in [-0.4, -0.2) is 11.4 Å². The second kappa shape index (κ2) is 3.70. The average molecular weight is 241 g/mol. The first-order chi connectivity index (χ1) is 6.31. The van der Waals surface area contributed by atoms with E-state index in [2.05, 4.69) is 40.2 Å². The van der Waals surface area contributed by atoms with E-state index in [1.807, 2.05) is 6.92 Å². The fourth-order valence-electron chi connectivity index (χ4n) is 1.49. The van der Waals surface area contributed by atoms with E-state index >= 15 is 0 Å². The van der Waals surface area contributed by atoms with Crippen LogP contribution in [0.3, 0.4) is 0 Å². The first kappa shape index (κ1) is 9.07. The highest BCUT2D eigenvalue weighted by Crippen LogP contribution is 2.46. The fraction of sp³-hybridized carbons (Fsp3) is 0.455. The van der Waals surface area contributed by atoms with Crippen LogP contribution in [-0.2, 0) is 0 Å². The number of hydrogen-bond acceptors (Lipinski definition) is 1. The Labute approximate surface area is 87.2 Å². The number of alkyl halides is 1. The molecule has 1 aliphatic rings. The summed E-state index contributed by atoms with van der Waals surface area (Å²) < 4.78 is 5.38. The van der Waals surface area contributed by atoms with E-state index < -0.39 is 0 Å². The highest BCUT2D eigenvalue weighted by atomic mass is 79.9. The predicted molar refractivity (Wildman–Crippen MR) is 57.7 cm³/mol. The van der Waals surface area contributed by atoms with E-state index in [0.717, 1.165) is 18.3 Å². The lowest BCUT2D eigenvalue weighted by molar-refractivity contribution is 0.340. The summed E-state index contributed by atoms with van der Waals surface area (Å²) in [4.78, 5) is 0.699. The second-order valence-electron chi connectivity index (χ2n) is 3.36. The Hall–Kier alpha value is -0.500. The molecule has 2 unspecified atom stereocenters. The molecule has 1 nitrogen and oxygen atoms in total. The Morgan fingerprint density at radius 1 is 1.38 bits per heavy atom. The van der Waals surface area contributed by atoms with Gasteiger partial charge in [0.2, 0.25) is 0 Å². The Kier molecular flexibility index (Phi) is 2.58. The van der Waals surface area contributed by atoms with E-state index in [-0.39, 0.29) is 0 Å². The third kappa shape index (κ3) is 2.05. The molecule has 0 saturated heterocycles. The largest absolute Gasteiger partial charge is 0.494 e. The minimum absolute atomic E-state index is 0.699. The van der Waals surface area contributed by atoms with Crippen molar-refractivity contribution in [1.82, 2.24) is 0 Å². The van der Waals surface area contributed by atoms with Crippen molar-refractivity contribution < 1.29 is 4.74 Å². The van der Waals surface area contributed by atoms with E-state index in [1.165, 1.54) is 12.0 Å². The number of ether oxygens (including phenoxy) is 1. The molecule has 0 bridgehead atoms. The maximum atomic E-state index is 5.38. The normalized spacial score (nSPS) is 25.7. The van der Waals surface area contributed by atoms with Crippen LogP contribution in [0.4, 0.5) is 0 Å². The van der Waals surface area contributed by atoms with Crippen molar-refractivity contribution in [3.05, 3.63) is 29.8 Å². The lowest BCUT2D eigenvalue weighted by Crippen LogP contribution is -1.91. The standard InChI is InChI=1S/C11H13BrO/c1-2-13-9-5-3-8(4-6-9)10-7-11(10)12/h3-6,10-11H,2,7H2,1H3. The number of benzene rings is 1. The van der Waals surface area contributed by atoms with Gasteiger partial charge in [-0.25, -0.2) is 0 Å². The van der Waals surface area contributed by atoms with Gasteiger partial charge in [0.15, 0.2) is 0 Å². The molecule has 0 heterocycles. The molecule has 0 aliphatic heterocycles. The van der Waals surface area contributed by atoms with Crippen LogP contribution >= 0.6 is 15.9 Å². The minimum atomic E-state index is 0.699. The molecular formula is C11H13BrO. The monoisotopic (exact) mass is 240 g/mol. The molecule has 0 N–H and O–H groups in total. The van der Waals surface area contributed by atoms with Gasteiger partial charge in [-0.1, -0.05) is 28.1 Å². The van der Waals surface area contributed by atoms with Crippen LogP contribution < -0.4 is 4.74 Å². The zero-order valence-corrected chi connectivity index (χ0v) is 9.25. The molecule has 1 aromatic rings. The molecule has 0 radical (unpaired) electrons. The summed E-state index contributed by atoms with van der Waals surface area (Å²) in [6.07, 6.45) is 1.27. The van der Waals surface area contributed by atoms with Gasteiger partial charge < -0.3 is 4.74 Å². The maximum Gasteiger partial charge on any atom is 0.119 e. The summed E-state index contributed by atoms with van der Waals surface area (Å²) in [5, 5.41) is 0. The van der Waals surface area contributed by atoms with Crippen molar-refractivity contribution in [1.29, 1.82) is 0 Å². The molecule has 2 rings (SSSR count).